The fourth-order valence-corrected chi connectivity index (χ4v) is 3.11. The molecule has 26 heavy (non-hydrogen) atoms. The highest BCUT2D eigenvalue weighted by molar-refractivity contribution is 6.31. The Kier molecular flexibility index (Phi) is 5.32. The standard InChI is InChI=1S/C19H19ClN2O4/c1-25-15-6-4-14(5-7-15)22-11-13(10-18(22)23)21-19(24)16-9-12(20)3-8-17(16)26-2/h3-9,13H,10-11H2,1-2H3,(H,21,24)/t13-/m1/s1. The predicted molar refractivity (Wildman–Crippen MR) is 99.2 cm³/mol. The molecule has 1 aliphatic rings. The van der Waals surface area contributed by atoms with Crippen LogP contribution in [0.5, 0.6) is 11.5 Å². The van der Waals surface area contributed by atoms with Gasteiger partial charge in [-0.15, -0.1) is 0 Å². The first kappa shape index (κ1) is 18.1. The second kappa shape index (κ2) is 7.66. The third-order valence-corrected chi connectivity index (χ3v) is 4.49. The SMILES string of the molecule is COc1ccc(N2C[C@H](NC(=O)c3cc(Cl)ccc3OC)CC2=O)cc1. The number of nitrogens with one attached hydrogen (secondary N) is 1. The lowest BCUT2D eigenvalue weighted by Crippen LogP contribution is -2.37. The van der Waals surface area contributed by atoms with Crippen LogP contribution in [-0.4, -0.2) is 38.6 Å². The number of hydrogen-bond acceptors (Lipinski definition) is 4. The molecule has 2 aromatic carbocycles. The van der Waals surface area contributed by atoms with Gasteiger partial charge in [0.05, 0.1) is 25.8 Å². The monoisotopic (exact) mass is 374 g/mol. The van der Waals surface area contributed by atoms with Crippen LogP contribution in [0.15, 0.2) is 42.5 Å². The molecule has 1 N–H and O–H groups in total. The summed E-state index contributed by atoms with van der Waals surface area (Å²) in [6.07, 6.45) is 0.237. The van der Waals surface area contributed by atoms with Gasteiger partial charge in [-0.1, -0.05) is 11.6 Å². The van der Waals surface area contributed by atoms with E-state index in [4.69, 9.17) is 21.1 Å². The summed E-state index contributed by atoms with van der Waals surface area (Å²) >= 11 is 5.98. The van der Waals surface area contributed by atoms with Crippen LogP contribution in [0.25, 0.3) is 0 Å². The van der Waals surface area contributed by atoms with E-state index in [1.54, 1.807) is 42.3 Å². The molecule has 0 saturated carbocycles. The highest BCUT2D eigenvalue weighted by Crippen LogP contribution is 2.26. The van der Waals surface area contributed by atoms with Gasteiger partial charge < -0.3 is 19.7 Å². The summed E-state index contributed by atoms with van der Waals surface area (Å²) in [5, 5.41) is 3.33. The van der Waals surface area contributed by atoms with Crippen LogP contribution in [-0.2, 0) is 4.79 Å². The average molecular weight is 375 g/mol. The molecular formula is C19H19ClN2O4. The molecule has 2 amide bonds. The van der Waals surface area contributed by atoms with Crippen molar-refractivity contribution in [2.75, 3.05) is 25.7 Å². The van der Waals surface area contributed by atoms with Crippen molar-refractivity contribution in [3.63, 3.8) is 0 Å². The third kappa shape index (κ3) is 3.75. The van der Waals surface area contributed by atoms with Crippen molar-refractivity contribution in [2.45, 2.75) is 12.5 Å². The molecule has 1 fully saturated rings. The summed E-state index contributed by atoms with van der Waals surface area (Å²) < 4.78 is 10.3. The first-order valence-electron chi connectivity index (χ1n) is 8.10. The van der Waals surface area contributed by atoms with Crippen LogP contribution in [0.4, 0.5) is 5.69 Å². The Morgan fingerprint density at radius 1 is 1.15 bits per heavy atom. The zero-order valence-electron chi connectivity index (χ0n) is 14.5. The summed E-state index contributed by atoms with van der Waals surface area (Å²) in [5.41, 5.74) is 1.11. The van der Waals surface area contributed by atoms with Crippen molar-refractivity contribution in [1.29, 1.82) is 0 Å². The first-order chi connectivity index (χ1) is 12.5. The average Bonchev–Trinajstić information content (AvgIpc) is 3.01. The highest BCUT2D eigenvalue weighted by Gasteiger charge is 2.32. The second-order valence-corrected chi connectivity index (χ2v) is 6.36. The lowest BCUT2D eigenvalue weighted by molar-refractivity contribution is -0.117. The summed E-state index contributed by atoms with van der Waals surface area (Å²) in [6.45, 7) is 0.403. The number of ether oxygens (including phenoxy) is 2. The van der Waals surface area contributed by atoms with Gasteiger partial charge in [0.2, 0.25) is 5.91 Å². The predicted octanol–water partition coefficient (Wildman–Crippen LogP) is 2.89. The summed E-state index contributed by atoms with van der Waals surface area (Å²) in [4.78, 5) is 26.6. The highest BCUT2D eigenvalue weighted by atomic mass is 35.5. The number of carbonyl (C=O) groups is 2. The van der Waals surface area contributed by atoms with E-state index in [-0.39, 0.29) is 24.3 Å². The number of amides is 2. The van der Waals surface area contributed by atoms with Crippen LogP contribution in [0, 0.1) is 0 Å². The van der Waals surface area contributed by atoms with E-state index in [2.05, 4.69) is 5.32 Å². The first-order valence-corrected chi connectivity index (χ1v) is 8.48. The minimum Gasteiger partial charge on any atom is -0.497 e. The van der Waals surface area contributed by atoms with Gasteiger partial charge in [-0.3, -0.25) is 9.59 Å². The van der Waals surface area contributed by atoms with Crippen LogP contribution in [0.2, 0.25) is 5.02 Å². The molecule has 0 spiro atoms. The van der Waals surface area contributed by atoms with E-state index in [1.165, 1.54) is 7.11 Å². The van der Waals surface area contributed by atoms with Gasteiger partial charge in [0.25, 0.3) is 5.91 Å². The Bertz CT molecular complexity index is 823. The summed E-state index contributed by atoms with van der Waals surface area (Å²) in [7, 11) is 3.08. The van der Waals surface area contributed by atoms with Crippen LogP contribution in [0.3, 0.4) is 0 Å². The molecule has 1 saturated heterocycles. The number of rotatable bonds is 5. The van der Waals surface area contributed by atoms with Crippen LogP contribution >= 0.6 is 11.6 Å². The smallest absolute Gasteiger partial charge is 0.255 e. The Labute approximate surface area is 156 Å². The summed E-state index contributed by atoms with van der Waals surface area (Å²) in [5.74, 6) is 0.791. The molecule has 0 unspecified atom stereocenters. The van der Waals surface area contributed by atoms with Crippen molar-refractivity contribution >= 4 is 29.1 Å². The largest absolute Gasteiger partial charge is 0.497 e. The van der Waals surface area contributed by atoms with Crippen LogP contribution < -0.4 is 19.7 Å². The molecule has 1 heterocycles. The van der Waals surface area contributed by atoms with Gasteiger partial charge in [-0.05, 0) is 42.5 Å². The molecule has 0 aliphatic carbocycles. The molecule has 2 aromatic rings. The normalized spacial score (nSPS) is 16.5. The molecule has 0 aromatic heterocycles. The van der Waals surface area contributed by atoms with E-state index >= 15 is 0 Å². The van der Waals surface area contributed by atoms with Crippen LogP contribution in [0.1, 0.15) is 16.8 Å². The second-order valence-electron chi connectivity index (χ2n) is 5.92. The van der Waals surface area contributed by atoms with Gasteiger partial charge in [0, 0.05) is 23.7 Å². The third-order valence-electron chi connectivity index (χ3n) is 4.25. The number of methoxy groups -OCH3 is 2. The molecule has 136 valence electrons. The van der Waals surface area contributed by atoms with Crippen molar-refractivity contribution < 1.29 is 19.1 Å². The maximum Gasteiger partial charge on any atom is 0.255 e. The van der Waals surface area contributed by atoms with E-state index in [0.717, 1.165) is 11.4 Å². The molecule has 0 radical (unpaired) electrons. The fraction of sp³-hybridized carbons (Fsp3) is 0.263. The maximum atomic E-state index is 12.6. The molecule has 1 atom stereocenters. The van der Waals surface area contributed by atoms with Gasteiger partial charge in [-0.25, -0.2) is 0 Å². The number of hydrogen-bond donors (Lipinski definition) is 1. The van der Waals surface area contributed by atoms with Crippen molar-refractivity contribution in [3.05, 3.63) is 53.1 Å². The summed E-state index contributed by atoms with van der Waals surface area (Å²) in [6, 6.07) is 11.8. The van der Waals surface area contributed by atoms with E-state index in [9.17, 15) is 9.59 Å². The quantitative estimate of drug-likeness (QED) is 0.873. The lowest BCUT2D eigenvalue weighted by Gasteiger charge is -2.18. The van der Waals surface area contributed by atoms with E-state index in [1.807, 2.05) is 12.1 Å². The van der Waals surface area contributed by atoms with Gasteiger partial charge in [-0.2, -0.15) is 0 Å². The topological polar surface area (TPSA) is 67.9 Å². The maximum absolute atomic E-state index is 12.6. The Morgan fingerprint density at radius 3 is 2.54 bits per heavy atom. The van der Waals surface area contributed by atoms with E-state index in [0.29, 0.717) is 22.9 Å². The van der Waals surface area contributed by atoms with Crippen molar-refractivity contribution in [3.8, 4) is 11.5 Å². The number of carbonyl (C=O) groups excluding carboxylic acids is 2. The van der Waals surface area contributed by atoms with Crippen molar-refractivity contribution in [2.24, 2.45) is 0 Å². The zero-order valence-corrected chi connectivity index (χ0v) is 15.2. The minimum absolute atomic E-state index is 0.0430. The molecule has 0 bridgehead atoms. The fourth-order valence-electron chi connectivity index (χ4n) is 2.94. The number of benzene rings is 2. The number of halogens is 1. The molecule has 7 heteroatoms. The number of anilines is 1. The molecular weight excluding hydrogens is 356 g/mol. The zero-order chi connectivity index (χ0) is 18.7. The lowest BCUT2D eigenvalue weighted by atomic mass is 10.1. The number of nitrogens with zero attached hydrogens (tertiary/aromatic N) is 1. The Balaban J connectivity index is 1.71. The molecule has 3 rings (SSSR count). The van der Waals surface area contributed by atoms with Gasteiger partial charge >= 0.3 is 0 Å². The Hall–Kier alpha value is -2.73. The van der Waals surface area contributed by atoms with E-state index < -0.39 is 0 Å². The van der Waals surface area contributed by atoms with Crippen molar-refractivity contribution in [1.82, 2.24) is 5.32 Å². The molecule has 1 aliphatic heterocycles. The molecule has 6 nitrogen and oxygen atoms in total. The van der Waals surface area contributed by atoms with Gasteiger partial charge in [0.15, 0.2) is 0 Å². The Morgan fingerprint density at radius 2 is 1.88 bits per heavy atom. The minimum atomic E-state index is -0.321. The van der Waals surface area contributed by atoms with Gasteiger partial charge in [0.1, 0.15) is 11.5 Å².